The standard InChI is InChI=1S/C47H58FN11O5/c1-30-24-35(7-9-38(30)58-17-13-41(60)53-45(58)61)55-20-18-54(19-21-55)28-32-10-14-56(15-11-32)39-8-6-34(25-36(39)48)51-44-50-26-33-12-16-57(29-37(33)52-44)40-27-49-43-42(31(40)2)59(22-23-63-43)46(62)64-47(3,4)5/h6-9,24-27,32H,10-23,28-29H2,1-5H3,(H,50,51,52)(H,53,60,61). The Kier molecular flexibility index (Phi) is 11.9. The average Bonchev–Trinajstić information content (AvgIpc) is 3.26. The molecule has 16 nitrogen and oxygen atoms in total. The van der Waals surface area contributed by atoms with E-state index >= 15 is 4.39 Å². The Morgan fingerprint density at radius 2 is 1.66 bits per heavy atom. The van der Waals surface area contributed by atoms with Crippen molar-refractivity contribution in [2.75, 3.05) is 102 Å². The maximum Gasteiger partial charge on any atom is 0.415 e. The molecular weight excluding hydrogens is 818 g/mol. The molecular formula is C47H58FN11O5. The van der Waals surface area contributed by atoms with Gasteiger partial charge in [0, 0.05) is 94.1 Å². The summed E-state index contributed by atoms with van der Waals surface area (Å²) in [5, 5.41) is 5.65. The van der Waals surface area contributed by atoms with Crippen molar-refractivity contribution < 1.29 is 28.2 Å². The SMILES string of the molecule is Cc1cc(N2CCN(CC3CCN(c4ccc(Nc5ncc6c(n5)CN(c5cnc7c(c5C)N(C(=O)OC(C)(C)C)CCO7)CC6)cc4F)CC3)CC2)ccc1N1CCC(=O)NC1=O. The molecule has 3 fully saturated rings. The lowest BCUT2D eigenvalue weighted by Gasteiger charge is -2.40. The van der Waals surface area contributed by atoms with Gasteiger partial charge < -0.3 is 29.5 Å². The van der Waals surface area contributed by atoms with E-state index in [2.05, 4.69) is 52.3 Å². The highest BCUT2D eigenvalue weighted by Gasteiger charge is 2.33. The number of benzene rings is 2. The van der Waals surface area contributed by atoms with Gasteiger partial charge in [0.25, 0.3) is 0 Å². The van der Waals surface area contributed by atoms with Crippen molar-refractivity contribution >= 4 is 58.1 Å². The quantitative estimate of drug-likeness (QED) is 0.197. The van der Waals surface area contributed by atoms with Crippen LogP contribution in [0.15, 0.2) is 48.8 Å². The molecule has 2 aromatic carbocycles. The predicted molar refractivity (Wildman–Crippen MR) is 245 cm³/mol. The molecule has 0 spiro atoms. The van der Waals surface area contributed by atoms with Crippen LogP contribution < -0.4 is 39.9 Å². The van der Waals surface area contributed by atoms with Gasteiger partial charge in [-0.05, 0) is 107 Å². The molecule has 5 aliphatic rings. The maximum atomic E-state index is 15.8. The Labute approximate surface area is 373 Å². The Morgan fingerprint density at radius 3 is 2.39 bits per heavy atom. The average molecular weight is 876 g/mol. The molecule has 0 saturated carbocycles. The number of rotatable bonds is 8. The second-order valence-corrected chi connectivity index (χ2v) is 18.5. The highest BCUT2D eigenvalue weighted by molar-refractivity contribution is 6.06. The van der Waals surface area contributed by atoms with Crippen LogP contribution in [-0.2, 0) is 22.5 Å². The third kappa shape index (κ3) is 9.21. The number of nitrogens with zero attached hydrogens (tertiary/aromatic N) is 9. The van der Waals surface area contributed by atoms with Gasteiger partial charge >= 0.3 is 12.1 Å². The molecule has 2 aromatic heterocycles. The van der Waals surface area contributed by atoms with Gasteiger partial charge in [0.2, 0.25) is 17.7 Å². The number of hydrogen-bond acceptors (Lipinski definition) is 13. The third-order valence-corrected chi connectivity index (χ3v) is 12.9. The molecule has 9 rings (SSSR count). The van der Waals surface area contributed by atoms with Crippen LogP contribution in [0.5, 0.6) is 5.88 Å². The molecule has 0 bridgehead atoms. The van der Waals surface area contributed by atoms with Crippen molar-refractivity contribution in [2.24, 2.45) is 5.92 Å². The van der Waals surface area contributed by atoms with Gasteiger partial charge in [-0.25, -0.2) is 28.9 Å². The van der Waals surface area contributed by atoms with Crippen LogP contribution in [0.1, 0.15) is 62.4 Å². The molecule has 7 heterocycles. The molecule has 4 aromatic rings. The number of amides is 4. The minimum absolute atomic E-state index is 0.231. The van der Waals surface area contributed by atoms with E-state index in [4.69, 9.17) is 14.5 Å². The minimum Gasteiger partial charge on any atom is -0.474 e. The van der Waals surface area contributed by atoms with E-state index in [1.54, 1.807) is 16.0 Å². The number of ether oxygens (including phenoxy) is 2. The Hall–Kier alpha value is -6.23. The van der Waals surface area contributed by atoms with Crippen LogP contribution in [0.2, 0.25) is 0 Å². The summed E-state index contributed by atoms with van der Waals surface area (Å²) in [5.41, 5.74) is 7.87. The number of aromatic nitrogens is 3. The fourth-order valence-corrected chi connectivity index (χ4v) is 9.53. The second kappa shape index (κ2) is 17.7. The number of carbonyl (C=O) groups is 3. The molecule has 64 heavy (non-hydrogen) atoms. The monoisotopic (exact) mass is 875 g/mol. The zero-order valence-electron chi connectivity index (χ0n) is 37.5. The normalized spacial score (nSPS) is 18.6. The molecule has 4 amide bonds. The Morgan fingerprint density at radius 1 is 0.875 bits per heavy atom. The summed E-state index contributed by atoms with van der Waals surface area (Å²) < 4.78 is 27.3. The molecule has 2 N–H and O–H groups in total. The number of piperazine rings is 1. The van der Waals surface area contributed by atoms with Gasteiger partial charge in [-0.3, -0.25) is 24.8 Å². The second-order valence-electron chi connectivity index (χ2n) is 18.5. The van der Waals surface area contributed by atoms with Crippen LogP contribution in [0, 0.1) is 25.6 Å². The van der Waals surface area contributed by atoms with Crippen LogP contribution >= 0.6 is 0 Å². The molecule has 0 radical (unpaired) electrons. The van der Waals surface area contributed by atoms with Crippen molar-refractivity contribution in [3.05, 3.63) is 77.0 Å². The molecule has 3 saturated heterocycles. The number of fused-ring (bicyclic) bond motifs is 2. The van der Waals surface area contributed by atoms with E-state index in [0.29, 0.717) is 67.5 Å². The summed E-state index contributed by atoms with van der Waals surface area (Å²) in [5.74, 6) is 0.863. The first-order valence-corrected chi connectivity index (χ1v) is 22.5. The van der Waals surface area contributed by atoms with E-state index in [9.17, 15) is 14.4 Å². The van der Waals surface area contributed by atoms with Gasteiger partial charge in [0.05, 0.1) is 36.4 Å². The summed E-state index contributed by atoms with van der Waals surface area (Å²) >= 11 is 0. The van der Waals surface area contributed by atoms with Gasteiger partial charge in [-0.1, -0.05) is 0 Å². The van der Waals surface area contributed by atoms with Gasteiger partial charge in [0.1, 0.15) is 23.7 Å². The van der Waals surface area contributed by atoms with Crippen LogP contribution in [0.4, 0.5) is 54.1 Å². The minimum atomic E-state index is -0.636. The molecule has 0 aliphatic carbocycles. The van der Waals surface area contributed by atoms with Crippen LogP contribution in [-0.4, -0.2) is 116 Å². The number of halogens is 1. The highest BCUT2D eigenvalue weighted by Crippen LogP contribution is 2.40. The van der Waals surface area contributed by atoms with Gasteiger partial charge in [0.15, 0.2) is 0 Å². The smallest absolute Gasteiger partial charge is 0.415 e. The van der Waals surface area contributed by atoms with E-state index in [1.807, 2.05) is 59.0 Å². The van der Waals surface area contributed by atoms with Crippen molar-refractivity contribution in [1.82, 2.24) is 25.2 Å². The Bertz CT molecular complexity index is 2430. The van der Waals surface area contributed by atoms with E-state index in [0.717, 1.165) is 111 Å². The zero-order chi connectivity index (χ0) is 44.7. The van der Waals surface area contributed by atoms with Crippen molar-refractivity contribution in [3.8, 4) is 5.88 Å². The number of pyridine rings is 1. The fourth-order valence-electron chi connectivity index (χ4n) is 9.53. The van der Waals surface area contributed by atoms with Crippen molar-refractivity contribution in [2.45, 2.75) is 72.4 Å². The molecule has 0 atom stereocenters. The van der Waals surface area contributed by atoms with Gasteiger partial charge in [-0.15, -0.1) is 0 Å². The molecule has 5 aliphatic heterocycles. The third-order valence-electron chi connectivity index (χ3n) is 12.9. The predicted octanol–water partition coefficient (Wildman–Crippen LogP) is 6.55. The summed E-state index contributed by atoms with van der Waals surface area (Å²) in [4.78, 5) is 63.8. The van der Waals surface area contributed by atoms with E-state index in [-0.39, 0.29) is 17.8 Å². The van der Waals surface area contributed by atoms with E-state index < -0.39 is 11.7 Å². The lowest BCUT2D eigenvalue weighted by atomic mass is 9.95. The van der Waals surface area contributed by atoms with Crippen LogP contribution in [0.25, 0.3) is 0 Å². The summed E-state index contributed by atoms with van der Waals surface area (Å²) in [6, 6.07) is 11.1. The summed E-state index contributed by atoms with van der Waals surface area (Å²) in [7, 11) is 0. The van der Waals surface area contributed by atoms with Crippen LogP contribution in [0.3, 0.4) is 0 Å². The number of anilines is 7. The molecule has 338 valence electrons. The zero-order valence-corrected chi connectivity index (χ0v) is 37.5. The number of nitrogens with one attached hydrogen (secondary N) is 2. The highest BCUT2D eigenvalue weighted by atomic mass is 19.1. The summed E-state index contributed by atoms with van der Waals surface area (Å²) in [6.07, 6.45) is 6.27. The largest absolute Gasteiger partial charge is 0.474 e. The number of hydrogen-bond donors (Lipinski definition) is 2. The molecule has 17 heteroatoms. The lowest BCUT2D eigenvalue weighted by molar-refractivity contribution is -0.120. The fraction of sp³-hybridized carbons (Fsp3) is 0.489. The van der Waals surface area contributed by atoms with Crippen molar-refractivity contribution in [3.63, 3.8) is 0 Å². The lowest BCUT2D eigenvalue weighted by Crippen LogP contribution is -2.50. The van der Waals surface area contributed by atoms with Crippen molar-refractivity contribution in [1.29, 1.82) is 0 Å². The van der Waals surface area contributed by atoms with Gasteiger partial charge in [-0.2, -0.15) is 0 Å². The molecule has 0 unspecified atom stereocenters. The Balaban J connectivity index is 0.764. The first-order valence-electron chi connectivity index (χ1n) is 22.5. The number of piperidine rings is 1. The number of imide groups is 1. The number of urea groups is 1. The topological polar surface area (TPSA) is 152 Å². The number of carbonyl (C=O) groups excluding carboxylic acids is 3. The maximum absolute atomic E-state index is 15.8. The number of aryl methyl sites for hydroxylation is 1. The summed E-state index contributed by atoms with van der Waals surface area (Å²) in [6.45, 7) is 18.3. The van der Waals surface area contributed by atoms with E-state index in [1.165, 1.54) is 6.07 Å². The first kappa shape index (κ1) is 43.0. The first-order chi connectivity index (χ1) is 30.8.